The summed E-state index contributed by atoms with van der Waals surface area (Å²) in [5, 5.41) is 7.73. The summed E-state index contributed by atoms with van der Waals surface area (Å²) in [6.07, 6.45) is 5.31. The molecule has 1 amide bonds. The van der Waals surface area contributed by atoms with Crippen LogP contribution in [0.1, 0.15) is 36.2 Å². The molecule has 0 saturated carbocycles. The van der Waals surface area contributed by atoms with Crippen LogP contribution in [0.4, 0.5) is 0 Å². The van der Waals surface area contributed by atoms with Crippen molar-refractivity contribution in [2.45, 2.75) is 43.8 Å². The van der Waals surface area contributed by atoms with Crippen molar-refractivity contribution in [3.63, 3.8) is 0 Å². The van der Waals surface area contributed by atoms with Crippen LogP contribution in [0, 0.1) is 0 Å². The van der Waals surface area contributed by atoms with Gasteiger partial charge < -0.3 is 10.2 Å². The van der Waals surface area contributed by atoms with Crippen molar-refractivity contribution in [1.29, 1.82) is 0 Å². The lowest BCUT2D eigenvalue weighted by atomic mass is 9.98. The molecule has 2 saturated heterocycles. The molecule has 2 fully saturated rings. The van der Waals surface area contributed by atoms with E-state index in [1.165, 1.54) is 12.8 Å². The maximum atomic E-state index is 12.8. The molecular weight excluding hydrogens is 340 g/mol. The fraction of sp³-hybridized carbons (Fsp3) is 0.529. The van der Waals surface area contributed by atoms with E-state index in [1.54, 1.807) is 24.3 Å². The highest BCUT2D eigenvalue weighted by Gasteiger charge is 2.39. The third kappa shape index (κ3) is 2.83. The molecule has 4 rings (SSSR count). The molecule has 1 N–H and O–H groups in total. The van der Waals surface area contributed by atoms with Crippen LogP contribution in [0.5, 0.6) is 0 Å². The number of amides is 1. The molecule has 25 heavy (non-hydrogen) atoms. The number of nitrogens with one attached hydrogen (secondary N) is 1. The van der Waals surface area contributed by atoms with Crippen LogP contribution < -0.4 is 5.32 Å². The fourth-order valence-corrected chi connectivity index (χ4v) is 4.99. The molecule has 0 spiro atoms. The Morgan fingerprint density at radius 3 is 2.48 bits per heavy atom. The van der Waals surface area contributed by atoms with Gasteiger partial charge in [0.15, 0.2) is 5.69 Å². The number of hydrogen-bond donors (Lipinski definition) is 1. The van der Waals surface area contributed by atoms with Crippen molar-refractivity contribution >= 4 is 26.8 Å². The number of benzene rings is 1. The summed E-state index contributed by atoms with van der Waals surface area (Å²) < 4.78 is 24.9. The van der Waals surface area contributed by atoms with E-state index in [0.29, 0.717) is 23.0 Å². The molecule has 2 aromatic rings. The molecule has 2 aliphatic heterocycles. The van der Waals surface area contributed by atoms with Gasteiger partial charge >= 0.3 is 0 Å². The second-order valence-corrected chi connectivity index (χ2v) is 8.98. The Morgan fingerprint density at radius 1 is 1.20 bits per heavy atom. The van der Waals surface area contributed by atoms with E-state index in [9.17, 15) is 13.2 Å². The van der Waals surface area contributed by atoms with E-state index in [1.807, 2.05) is 0 Å². The average Bonchev–Trinajstić information content (AvgIpc) is 3.02. The van der Waals surface area contributed by atoms with Crippen LogP contribution in [0.2, 0.25) is 0 Å². The Kier molecular flexibility index (Phi) is 3.84. The summed E-state index contributed by atoms with van der Waals surface area (Å²) in [6, 6.07) is 8.07. The molecule has 2 bridgehead atoms. The van der Waals surface area contributed by atoms with E-state index in [-0.39, 0.29) is 17.6 Å². The summed E-state index contributed by atoms with van der Waals surface area (Å²) in [6.45, 7) is 0. The molecule has 0 aliphatic carbocycles. The van der Waals surface area contributed by atoms with Crippen LogP contribution in [-0.2, 0) is 10.0 Å². The standard InChI is InChI=1S/C17H22N4O3S/c1-20-12-7-8-13(20)10-11(9-12)18-17(22)16-14-5-3-4-6-15(14)21(19-16)25(2,23)24/h3-6,11-13H,7-10H2,1-2H3,(H,18,22)/t11-,12-,13+. The Morgan fingerprint density at radius 2 is 1.84 bits per heavy atom. The van der Waals surface area contributed by atoms with Crippen LogP contribution in [0.25, 0.3) is 10.9 Å². The van der Waals surface area contributed by atoms with E-state index >= 15 is 0 Å². The molecule has 0 radical (unpaired) electrons. The van der Waals surface area contributed by atoms with Gasteiger partial charge in [0.05, 0.1) is 11.8 Å². The van der Waals surface area contributed by atoms with Crippen molar-refractivity contribution in [1.82, 2.24) is 19.4 Å². The van der Waals surface area contributed by atoms with Gasteiger partial charge in [-0.15, -0.1) is 0 Å². The molecule has 3 heterocycles. The first kappa shape index (κ1) is 16.5. The quantitative estimate of drug-likeness (QED) is 0.887. The number of hydrogen-bond acceptors (Lipinski definition) is 5. The minimum atomic E-state index is -3.57. The van der Waals surface area contributed by atoms with Crippen molar-refractivity contribution in [2.75, 3.05) is 13.3 Å². The topological polar surface area (TPSA) is 84.3 Å². The Hall–Kier alpha value is -1.93. The summed E-state index contributed by atoms with van der Waals surface area (Å²) in [5.74, 6) is -0.299. The summed E-state index contributed by atoms with van der Waals surface area (Å²) in [5.41, 5.74) is 0.603. The smallest absolute Gasteiger partial charge is 0.272 e. The first-order chi connectivity index (χ1) is 11.8. The summed E-state index contributed by atoms with van der Waals surface area (Å²) in [7, 11) is -1.42. The molecule has 1 aromatic carbocycles. The second kappa shape index (κ2) is 5.81. The van der Waals surface area contributed by atoms with Crippen molar-refractivity contribution in [3.8, 4) is 0 Å². The maximum Gasteiger partial charge on any atom is 0.272 e. The third-order valence-electron chi connectivity index (χ3n) is 5.52. The number of carbonyl (C=O) groups excluding carboxylic acids is 1. The molecule has 2 aliphatic rings. The minimum absolute atomic E-state index is 0.114. The van der Waals surface area contributed by atoms with Gasteiger partial charge in [0, 0.05) is 23.5 Å². The van der Waals surface area contributed by atoms with Gasteiger partial charge in [0.2, 0.25) is 0 Å². The predicted octanol–water partition coefficient (Wildman–Crippen LogP) is 1.20. The predicted molar refractivity (Wildman–Crippen MR) is 95.0 cm³/mol. The Bertz CT molecular complexity index is 923. The highest BCUT2D eigenvalue weighted by molar-refractivity contribution is 7.89. The second-order valence-electron chi connectivity index (χ2n) is 7.16. The molecule has 3 atom stereocenters. The number of para-hydroxylation sites is 1. The molecule has 0 unspecified atom stereocenters. The van der Waals surface area contributed by atoms with E-state index in [2.05, 4.69) is 22.4 Å². The number of rotatable bonds is 3. The summed E-state index contributed by atoms with van der Waals surface area (Å²) in [4.78, 5) is 15.2. The van der Waals surface area contributed by atoms with Gasteiger partial charge in [-0.05, 0) is 38.8 Å². The maximum absolute atomic E-state index is 12.8. The third-order valence-corrected chi connectivity index (χ3v) is 6.43. The lowest BCUT2D eigenvalue weighted by Gasteiger charge is -2.36. The Balaban J connectivity index is 1.63. The van der Waals surface area contributed by atoms with E-state index < -0.39 is 10.0 Å². The van der Waals surface area contributed by atoms with E-state index in [4.69, 9.17) is 0 Å². The zero-order valence-corrected chi connectivity index (χ0v) is 15.2. The van der Waals surface area contributed by atoms with Crippen molar-refractivity contribution in [3.05, 3.63) is 30.0 Å². The number of piperidine rings is 1. The lowest BCUT2D eigenvalue weighted by molar-refractivity contribution is 0.0879. The van der Waals surface area contributed by atoms with Crippen LogP contribution >= 0.6 is 0 Å². The van der Waals surface area contributed by atoms with Crippen LogP contribution in [-0.4, -0.2) is 59.8 Å². The van der Waals surface area contributed by atoms with Gasteiger partial charge in [-0.2, -0.15) is 9.19 Å². The van der Waals surface area contributed by atoms with Gasteiger partial charge in [-0.25, -0.2) is 8.42 Å². The highest BCUT2D eigenvalue weighted by Crippen LogP contribution is 2.34. The number of aromatic nitrogens is 2. The molecule has 1 aromatic heterocycles. The number of carbonyl (C=O) groups is 1. The van der Waals surface area contributed by atoms with Crippen molar-refractivity contribution in [2.24, 2.45) is 0 Å². The highest BCUT2D eigenvalue weighted by atomic mass is 32.2. The molecule has 134 valence electrons. The first-order valence-electron chi connectivity index (χ1n) is 8.55. The zero-order valence-electron chi connectivity index (χ0n) is 14.3. The monoisotopic (exact) mass is 362 g/mol. The fourth-order valence-electron chi connectivity index (χ4n) is 4.24. The van der Waals surface area contributed by atoms with Gasteiger partial charge in [-0.1, -0.05) is 18.2 Å². The SMILES string of the molecule is CN1[C@@H]2CC[C@H]1C[C@H](NC(=O)c1nn(S(C)(=O)=O)c3ccccc13)C2. The summed E-state index contributed by atoms with van der Waals surface area (Å²) >= 11 is 0. The minimum Gasteiger partial charge on any atom is -0.348 e. The molecule has 7 nitrogen and oxygen atoms in total. The first-order valence-corrected chi connectivity index (χ1v) is 10.4. The number of fused-ring (bicyclic) bond motifs is 3. The van der Waals surface area contributed by atoms with Crippen LogP contribution in [0.15, 0.2) is 24.3 Å². The van der Waals surface area contributed by atoms with Crippen LogP contribution in [0.3, 0.4) is 0 Å². The van der Waals surface area contributed by atoms with Crippen molar-refractivity contribution < 1.29 is 13.2 Å². The number of nitrogens with zero attached hydrogens (tertiary/aromatic N) is 3. The largest absolute Gasteiger partial charge is 0.348 e. The molecular formula is C17H22N4O3S. The lowest BCUT2D eigenvalue weighted by Crippen LogP contribution is -2.48. The van der Waals surface area contributed by atoms with Gasteiger partial charge in [-0.3, -0.25) is 4.79 Å². The zero-order chi connectivity index (χ0) is 17.8. The van der Waals surface area contributed by atoms with Gasteiger partial charge in [0.1, 0.15) is 0 Å². The van der Waals surface area contributed by atoms with E-state index in [0.717, 1.165) is 23.2 Å². The Labute approximate surface area is 147 Å². The molecule has 8 heteroatoms. The van der Waals surface area contributed by atoms with Gasteiger partial charge in [0.25, 0.3) is 15.9 Å². The average molecular weight is 362 g/mol. The normalized spacial score (nSPS) is 26.9.